The molecule has 0 bridgehead atoms. The van der Waals surface area contributed by atoms with Crippen molar-refractivity contribution in [3.63, 3.8) is 0 Å². The molecule has 0 saturated heterocycles. The van der Waals surface area contributed by atoms with Gasteiger partial charge in [-0.15, -0.1) is 0 Å². The number of aliphatic carboxylic acids is 1. The third kappa shape index (κ3) is 2.76. The van der Waals surface area contributed by atoms with Gasteiger partial charge in [0.2, 0.25) is 0 Å². The molecular weight excluding hydrogens is 280 g/mol. The summed E-state index contributed by atoms with van der Waals surface area (Å²) >= 11 is 0. The lowest BCUT2D eigenvalue weighted by molar-refractivity contribution is -0.132. The number of rotatable bonds is 6. The summed E-state index contributed by atoms with van der Waals surface area (Å²) in [5, 5.41) is 8.85. The lowest BCUT2D eigenvalue weighted by Crippen LogP contribution is -2.64. The number of methoxy groups -OCH3 is 1. The number of carboxylic acids is 1. The predicted octanol–water partition coefficient (Wildman–Crippen LogP) is 4.56. The molecule has 0 saturated carbocycles. The fourth-order valence-corrected chi connectivity index (χ4v) is 13.0. The van der Waals surface area contributed by atoms with Crippen molar-refractivity contribution >= 4 is 14.0 Å². The van der Waals surface area contributed by atoms with Gasteiger partial charge in [0, 0.05) is 7.11 Å². The van der Waals surface area contributed by atoms with E-state index in [1.807, 2.05) is 12.2 Å². The van der Waals surface area contributed by atoms with E-state index in [0.717, 1.165) is 0 Å². The molecule has 1 N–H and O–H groups in total. The maximum atomic E-state index is 11.2. The fourth-order valence-electron chi connectivity index (χ4n) is 4.90. The summed E-state index contributed by atoms with van der Waals surface area (Å²) in [4.78, 5) is 11.2. The van der Waals surface area contributed by atoms with E-state index < -0.39 is 14.0 Å². The summed E-state index contributed by atoms with van der Waals surface area (Å²) in [7, 11) is -0.111. The minimum Gasteiger partial charge on any atom is -0.478 e. The third-order valence-corrected chi connectivity index (χ3v) is 13.1. The molecule has 0 fully saturated rings. The Balaban J connectivity index is 3.41. The van der Waals surface area contributed by atoms with Crippen LogP contribution in [0.2, 0.25) is 16.6 Å². The van der Waals surface area contributed by atoms with Crippen molar-refractivity contribution in [3.05, 3.63) is 23.8 Å². The lowest BCUT2D eigenvalue weighted by Gasteiger charge is -2.55. The fraction of sp³-hybridized carbons (Fsp3) is 0.706. The number of hydrogen-bond donors (Lipinski definition) is 1. The monoisotopic (exact) mass is 310 g/mol. The van der Waals surface area contributed by atoms with Crippen molar-refractivity contribution in [2.45, 2.75) is 69.8 Å². The second kappa shape index (κ2) is 6.49. The van der Waals surface area contributed by atoms with Crippen LogP contribution in [0.4, 0.5) is 0 Å². The number of carboxylic acid groups (broad SMARTS) is 1. The Morgan fingerprint density at radius 1 is 1.19 bits per heavy atom. The van der Waals surface area contributed by atoms with E-state index in [-0.39, 0.29) is 5.22 Å². The maximum Gasteiger partial charge on any atom is 0.335 e. The van der Waals surface area contributed by atoms with Crippen LogP contribution in [0.15, 0.2) is 23.8 Å². The van der Waals surface area contributed by atoms with Gasteiger partial charge in [-0.1, -0.05) is 53.7 Å². The summed E-state index contributed by atoms with van der Waals surface area (Å²) in [5.41, 5.74) is 2.05. The van der Waals surface area contributed by atoms with Gasteiger partial charge in [-0.3, -0.25) is 0 Å². The zero-order valence-corrected chi connectivity index (χ0v) is 15.4. The summed E-state index contributed by atoms with van der Waals surface area (Å²) in [6.45, 7) is 13.8. The minimum absolute atomic E-state index is 0.317. The van der Waals surface area contributed by atoms with Crippen molar-refractivity contribution in [1.82, 2.24) is 0 Å². The molecule has 1 aliphatic rings. The van der Waals surface area contributed by atoms with Gasteiger partial charge in [-0.2, -0.15) is 0 Å². The standard InChI is InChI=1S/C17H30O3Si/c1-12(2)21(13(3)4,14(5)6)17(20-7)10-8-15(9-11-17)16(18)19/h8-10,12-14H,11H2,1-7H3,(H,18,19). The molecular formula is C17H30O3Si. The Hall–Kier alpha value is -0.873. The molecule has 0 radical (unpaired) electrons. The molecule has 1 rings (SSSR count). The Morgan fingerprint density at radius 2 is 1.67 bits per heavy atom. The highest BCUT2D eigenvalue weighted by atomic mass is 28.3. The normalized spacial score (nSPS) is 23.0. The summed E-state index contributed by atoms with van der Waals surface area (Å²) in [6, 6.07) is 0. The predicted molar refractivity (Wildman–Crippen MR) is 90.3 cm³/mol. The summed E-state index contributed by atoms with van der Waals surface area (Å²) in [5.74, 6) is -0.859. The topological polar surface area (TPSA) is 46.5 Å². The largest absolute Gasteiger partial charge is 0.478 e. The van der Waals surface area contributed by atoms with Crippen LogP contribution >= 0.6 is 0 Å². The molecule has 120 valence electrons. The molecule has 0 aromatic carbocycles. The van der Waals surface area contributed by atoms with Crippen LogP contribution < -0.4 is 0 Å². The molecule has 1 atom stereocenters. The number of carbonyl (C=O) groups is 1. The first-order valence-corrected chi connectivity index (χ1v) is 10.1. The second-order valence-electron chi connectivity index (χ2n) is 6.99. The van der Waals surface area contributed by atoms with E-state index in [1.165, 1.54) is 0 Å². The van der Waals surface area contributed by atoms with E-state index in [2.05, 4.69) is 41.5 Å². The first-order valence-electron chi connectivity index (χ1n) is 7.83. The van der Waals surface area contributed by atoms with Crippen molar-refractivity contribution in [1.29, 1.82) is 0 Å². The van der Waals surface area contributed by atoms with Gasteiger partial charge in [-0.05, 0) is 29.1 Å². The summed E-state index contributed by atoms with van der Waals surface area (Å²) in [6.07, 6.45) is 6.29. The van der Waals surface area contributed by atoms with Crippen LogP contribution in [-0.2, 0) is 9.53 Å². The smallest absolute Gasteiger partial charge is 0.335 e. The molecule has 21 heavy (non-hydrogen) atoms. The van der Waals surface area contributed by atoms with Gasteiger partial charge in [0.25, 0.3) is 0 Å². The highest BCUT2D eigenvalue weighted by molar-refractivity contribution is 6.86. The molecule has 0 heterocycles. The van der Waals surface area contributed by atoms with Crippen molar-refractivity contribution < 1.29 is 14.6 Å². The summed E-state index contributed by atoms with van der Waals surface area (Å²) < 4.78 is 6.09. The Kier molecular flexibility index (Phi) is 5.61. The quantitative estimate of drug-likeness (QED) is 0.731. The first kappa shape index (κ1) is 18.2. The van der Waals surface area contributed by atoms with Crippen LogP contribution in [0.25, 0.3) is 0 Å². The molecule has 1 aliphatic carbocycles. The van der Waals surface area contributed by atoms with E-state index in [9.17, 15) is 4.79 Å². The number of hydrogen-bond acceptors (Lipinski definition) is 2. The zero-order valence-electron chi connectivity index (χ0n) is 14.4. The van der Waals surface area contributed by atoms with E-state index in [4.69, 9.17) is 9.84 Å². The van der Waals surface area contributed by atoms with Crippen LogP contribution in [0, 0.1) is 0 Å². The minimum atomic E-state index is -1.89. The average molecular weight is 311 g/mol. The van der Waals surface area contributed by atoms with Crippen LogP contribution in [0.5, 0.6) is 0 Å². The van der Waals surface area contributed by atoms with Gasteiger partial charge >= 0.3 is 5.97 Å². The van der Waals surface area contributed by atoms with Crippen LogP contribution in [0.1, 0.15) is 48.0 Å². The van der Waals surface area contributed by atoms with Gasteiger partial charge in [0.05, 0.1) is 10.8 Å². The lowest BCUT2D eigenvalue weighted by atomic mass is 10.0. The van der Waals surface area contributed by atoms with E-state index in [1.54, 1.807) is 13.2 Å². The maximum absolute atomic E-state index is 11.2. The molecule has 0 amide bonds. The second-order valence-corrected chi connectivity index (χ2v) is 13.2. The molecule has 0 aromatic heterocycles. The molecule has 4 heteroatoms. The van der Waals surface area contributed by atoms with Crippen molar-refractivity contribution in [2.24, 2.45) is 0 Å². The Bertz CT molecular complexity index is 427. The molecule has 0 aliphatic heterocycles. The van der Waals surface area contributed by atoms with Crippen molar-refractivity contribution in [3.8, 4) is 0 Å². The van der Waals surface area contributed by atoms with Gasteiger partial charge < -0.3 is 9.84 Å². The van der Waals surface area contributed by atoms with E-state index in [0.29, 0.717) is 28.6 Å². The van der Waals surface area contributed by atoms with Crippen LogP contribution in [0.3, 0.4) is 0 Å². The van der Waals surface area contributed by atoms with Gasteiger partial charge in [0.15, 0.2) is 0 Å². The highest BCUT2D eigenvalue weighted by Gasteiger charge is 2.58. The highest BCUT2D eigenvalue weighted by Crippen LogP contribution is 2.52. The Morgan fingerprint density at radius 3 is 1.90 bits per heavy atom. The average Bonchev–Trinajstić information content (AvgIpc) is 2.38. The van der Waals surface area contributed by atoms with Gasteiger partial charge in [0.1, 0.15) is 8.07 Å². The first-order chi connectivity index (χ1) is 9.65. The molecule has 1 unspecified atom stereocenters. The van der Waals surface area contributed by atoms with Crippen molar-refractivity contribution in [2.75, 3.05) is 7.11 Å². The van der Waals surface area contributed by atoms with E-state index >= 15 is 0 Å². The third-order valence-electron chi connectivity index (χ3n) is 5.37. The van der Waals surface area contributed by atoms with Crippen LogP contribution in [-0.4, -0.2) is 31.5 Å². The van der Waals surface area contributed by atoms with Gasteiger partial charge in [-0.25, -0.2) is 4.79 Å². The molecule has 3 nitrogen and oxygen atoms in total. The number of ether oxygens (including phenoxy) is 1. The zero-order chi connectivity index (χ0) is 16.4. The SMILES string of the molecule is COC1([Si](C(C)C)(C(C)C)C(C)C)C=CC(C(=O)O)=CC1. The molecule has 0 spiro atoms. The molecule has 0 aromatic rings. The Labute approximate surface area is 130 Å².